The maximum Gasteiger partial charge on any atom is 0.344 e. The molecule has 2 aromatic heterocycles. The number of imidazole rings is 1. The minimum absolute atomic E-state index is 0.260. The monoisotopic (exact) mass is 341 g/mol. The van der Waals surface area contributed by atoms with Crippen molar-refractivity contribution in [3.05, 3.63) is 43.0 Å². The number of anilines is 1. The number of aromatic nitrogens is 4. The molecule has 0 saturated carbocycles. The van der Waals surface area contributed by atoms with Crippen molar-refractivity contribution in [2.75, 3.05) is 11.9 Å². The van der Waals surface area contributed by atoms with Crippen molar-refractivity contribution < 1.29 is 19.1 Å². The number of rotatable bonds is 6. The summed E-state index contributed by atoms with van der Waals surface area (Å²) in [6.45, 7) is 1.17. The molecule has 3 aromatic rings. The first-order chi connectivity index (χ1) is 12.1. The molecular formula is C16H15N5O4. The van der Waals surface area contributed by atoms with Gasteiger partial charge in [0.05, 0.1) is 6.33 Å². The van der Waals surface area contributed by atoms with E-state index < -0.39 is 18.0 Å². The molecule has 0 aliphatic heterocycles. The molecule has 0 spiro atoms. The van der Waals surface area contributed by atoms with Gasteiger partial charge in [0.15, 0.2) is 24.2 Å². The molecule has 25 heavy (non-hydrogen) atoms. The number of para-hydroxylation sites is 1. The van der Waals surface area contributed by atoms with Crippen LogP contribution in [0.15, 0.2) is 43.0 Å². The predicted molar refractivity (Wildman–Crippen MR) is 87.8 cm³/mol. The summed E-state index contributed by atoms with van der Waals surface area (Å²) in [5.41, 5.74) is 0.910. The van der Waals surface area contributed by atoms with E-state index >= 15 is 0 Å². The number of H-pyrrole nitrogens is 1. The highest BCUT2D eigenvalue weighted by Gasteiger charge is 2.20. The molecule has 0 radical (unpaired) electrons. The van der Waals surface area contributed by atoms with Crippen LogP contribution in [0.2, 0.25) is 0 Å². The van der Waals surface area contributed by atoms with E-state index in [-0.39, 0.29) is 12.4 Å². The van der Waals surface area contributed by atoms with Crippen LogP contribution < -0.4 is 10.1 Å². The first-order valence-corrected chi connectivity index (χ1v) is 7.46. The van der Waals surface area contributed by atoms with Crippen LogP contribution in [0, 0.1) is 0 Å². The Morgan fingerprint density at radius 2 is 2.00 bits per heavy atom. The number of fused-ring (bicyclic) bond motifs is 1. The van der Waals surface area contributed by atoms with Crippen molar-refractivity contribution in [2.24, 2.45) is 0 Å². The molecule has 0 bridgehead atoms. The van der Waals surface area contributed by atoms with Gasteiger partial charge >= 0.3 is 5.97 Å². The summed E-state index contributed by atoms with van der Waals surface area (Å²) in [5.74, 6) is -0.376. The van der Waals surface area contributed by atoms with Crippen LogP contribution in [0.1, 0.15) is 6.92 Å². The van der Waals surface area contributed by atoms with E-state index in [2.05, 4.69) is 25.3 Å². The van der Waals surface area contributed by atoms with Gasteiger partial charge in [0.25, 0.3) is 5.91 Å². The summed E-state index contributed by atoms with van der Waals surface area (Å²) in [6, 6.07) is 8.84. The molecule has 1 atom stereocenters. The zero-order valence-corrected chi connectivity index (χ0v) is 13.3. The zero-order valence-electron chi connectivity index (χ0n) is 13.3. The smallest absolute Gasteiger partial charge is 0.344 e. The number of carbonyl (C=O) groups excluding carboxylic acids is 2. The number of nitrogens with zero attached hydrogens (tertiary/aromatic N) is 3. The normalized spacial score (nSPS) is 11.7. The molecule has 0 fully saturated rings. The van der Waals surface area contributed by atoms with Crippen LogP contribution in [0.5, 0.6) is 5.75 Å². The third-order valence-corrected chi connectivity index (χ3v) is 3.24. The molecule has 0 unspecified atom stereocenters. The van der Waals surface area contributed by atoms with Crippen molar-refractivity contribution in [3.8, 4) is 5.75 Å². The summed E-state index contributed by atoms with van der Waals surface area (Å²) in [6.07, 6.45) is 1.71. The van der Waals surface area contributed by atoms with E-state index in [0.717, 1.165) is 0 Å². The number of esters is 1. The molecule has 9 nitrogen and oxygen atoms in total. The Hall–Kier alpha value is -3.49. The largest absolute Gasteiger partial charge is 0.482 e. The summed E-state index contributed by atoms with van der Waals surface area (Å²) in [5, 5.41) is 2.57. The van der Waals surface area contributed by atoms with Crippen LogP contribution in [0.25, 0.3) is 11.2 Å². The van der Waals surface area contributed by atoms with Gasteiger partial charge < -0.3 is 19.8 Å². The summed E-state index contributed by atoms with van der Waals surface area (Å²) in [4.78, 5) is 38.7. The van der Waals surface area contributed by atoms with Crippen LogP contribution in [-0.4, -0.2) is 44.5 Å². The second kappa shape index (κ2) is 7.39. The highest BCUT2D eigenvalue weighted by molar-refractivity contribution is 5.99. The molecule has 3 rings (SSSR count). The Morgan fingerprint density at radius 1 is 1.20 bits per heavy atom. The van der Waals surface area contributed by atoms with Crippen LogP contribution in [-0.2, 0) is 14.3 Å². The lowest BCUT2D eigenvalue weighted by Gasteiger charge is -2.13. The molecule has 1 amide bonds. The first-order valence-electron chi connectivity index (χ1n) is 7.46. The van der Waals surface area contributed by atoms with Gasteiger partial charge in [0, 0.05) is 0 Å². The van der Waals surface area contributed by atoms with Gasteiger partial charge in [-0.3, -0.25) is 4.79 Å². The fourth-order valence-corrected chi connectivity index (χ4v) is 2.02. The number of hydrogen-bond donors (Lipinski definition) is 2. The van der Waals surface area contributed by atoms with Crippen LogP contribution >= 0.6 is 0 Å². The summed E-state index contributed by atoms with van der Waals surface area (Å²) in [7, 11) is 0. The van der Waals surface area contributed by atoms with E-state index in [9.17, 15) is 9.59 Å². The third kappa shape index (κ3) is 4.08. The highest BCUT2D eigenvalue weighted by Crippen LogP contribution is 2.15. The van der Waals surface area contributed by atoms with E-state index in [1.54, 1.807) is 24.3 Å². The minimum atomic E-state index is -1.01. The average Bonchev–Trinajstić information content (AvgIpc) is 3.10. The van der Waals surface area contributed by atoms with Gasteiger partial charge in [0.1, 0.15) is 17.6 Å². The number of aromatic amines is 1. The number of amides is 1. The van der Waals surface area contributed by atoms with Gasteiger partial charge in [-0.1, -0.05) is 18.2 Å². The van der Waals surface area contributed by atoms with E-state index in [0.29, 0.717) is 16.9 Å². The number of hydrogen-bond acceptors (Lipinski definition) is 7. The molecule has 128 valence electrons. The molecule has 0 aliphatic carbocycles. The molecular weight excluding hydrogens is 326 g/mol. The van der Waals surface area contributed by atoms with E-state index in [1.807, 2.05) is 6.07 Å². The Kier molecular flexibility index (Phi) is 4.84. The maximum atomic E-state index is 12.2. The summed E-state index contributed by atoms with van der Waals surface area (Å²) >= 11 is 0. The van der Waals surface area contributed by atoms with Crippen molar-refractivity contribution in [1.82, 2.24) is 19.9 Å². The lowest BCUT2D eigenvalue weighted by Crippen LogP contribution is -2.32. The fourth-order valence-electron chi connectivity index (χ4n) is 2.02. The Morgan fingerprint density at radius 3 is 2.80 bits per heavy atom. The number of carbonyl (C=O) groups is 2. The number of ether oxygens (including phenoxy) is 2. The van der Waals surface area contributed by atoms with Gasteiger partial charge in [0.2, 0.25) is 0 Å². The van der Waals surface area contributed by atoms with Crippen LogP contribution in [0.4, 0.5) is 5.82 Å². The van der Waals surface area contributed by atoms with Crippen molar-refractivity contribution in [2.45, 2.75) is 13.0 Å². The molecule has 1 aromatic carbocycles. The van der Waals surface area contributed by atoms with Crippen molar-refractivity contribution in [3.63, 3.8) is 0 Å². The highest BCUT2D eigenvalue weighted by atomic mass is 16.6. The Balaban J connectivity index is 1.53. The lowest BCUT2D eigenvalue weighted by atomic mass is 10.3. The molecule has 2 N–H and O–H groups in total. The van der Waals surface area contributed by atoms with Crippen molar-refractivity contribution in [1.29, 1.82) is 0 Å². The molecule has 0 aliphatic rings. The standard InChI is InChI=1S/C16H15N5O4/c1-10(25-12(22)7-24-11-5-3-2-4-6-11)16(23)21-15-13-14(18-8-17-13)19-9-20-15/h2-6,8-10H,7H2,1H3,(H2,17,18,19,20,21,23)/t10-/m0/s1. The topological polar surface area (TPSA) is 119 Å². The van der Waals surface area contributed by atoms with Gasteiger partial charge in [-0.05, 0) is 19.1 Å². The average molecular weight is 341 g/mol. The molecule has 2 heterocycles. The lowest BCUT2D eigenvalue weighted by molar-refractivity contribution is -0.155. The quantitative estimate of drug-likeness (QED) is 0.649. The predicted octanol–water partition coefficient (Wildman–Crippen LogP) is 1.30. The minimum Gasteiger partial charge on any atom is -0.482 e. The second-order valence-corrected chi connectivity index (χ2v) is 5.05. The second-order valence-electron chi connectivity index (χ2n) is 5.05. The number of nitrogens with one attached hydrogen (secondary N) is 2. The SMILES string of the molecule is C[C@H](OC(=O)COc1ccccc1)C(=O)Nc1ncnc2nc[nH]c12. The molecule has 0 saturated heterocycles. The molecule has 9 heteroatoms. The van der Waals surface area contributed by atoms with Gasteiger partial charge in [-0.25, -0.2) is 19.7 Å². The third-order valence-electron chi connectivity index (χ3n) is 3.24. The van der Waals surface area contributed by atoms with E-state index in [1.165, 1.54) is 19.6 Å². The maximum absolute atomic E-state index is 12.2. The Labute approximate surface area is 142 Å². The van der Waals surface area contributed by atoms with Crippen LogP contribution in [0.3, 0.4) is 0 Å². The first kappa shape index (κ1) is 16.4. The van der Waals surface area contributed by atoms with Gasteiger partial charge in [-0.2, -0.15) is 0 Å². The Bertz CT molecular complexity index is 880. The van der Waals surface area contributed by atoms with Crippen molar-refractivity contribution >= 4 is 28.9 Å². The summed E-state index contributed by atoms with van der Waals surface area (Å²) < 4.78 is 10.3. The van der Waals surface area contributed by atoms with Gasteiger partial charge in [-0.15, -0.1) is 0 Å². The number of benzene rings is 1. The fraction of sp³-hybridized carbons (Fsp3) is 0.188. The zero-order chi connectivity index (χ0) is 17.6. The van der Waals surface area contributed by atoms with E-state index in [4.69, 9.17) is 9.47 Å².